The van der Waals surface area contributed by atoms with Crippen molar-refractivity contribution in [1.29, 1.82) is 0 Å². The first-order valence-electron chi connectivity index (χ1n) is 41.0. The Labute approximate surface area is 799 Å². The topological polar surface area (TPSA) is 350 Å². The molecular weight excluding hydrogens is 1770 g/mol. The minimum atomic E-state index is -0.269. The second-order valence-electron chi connectivity index (χ2n) is 32.0. The van der Waals surface area contributed by atoms with Crippen molar-refractivity contribution in [2.24, 2.45) is 28.7 Å². The van der Waals surface area contributed by atoms with Gasteiger partial charge in [-0.15, -0.1) is 0 Å². The molecule has 5 fully saturated rings. The molecule has 15 N–H and O–H groups in total. The van der Waals surface area contributed by atoms with E-state index >= 15 is 0 Å². The van der Waals surface area contributed by atoms with Gasteiger partial charge in [-0.2, -0.15) is 183 Å². The lowest BCUT2D eigenvalue weighted by Crippen LogP contribution is -2.22. The minimum Gasteiger partial charge on any atom is -0.377 e. The molecule has 38 heteroatoms. The van der Waals surface area contributed by atoms with E-state index in [9.17, 15) is 8.78 Å². The summed E-state index contributed by atoms with van der Waals surface area (Å²) in [5.41, 5.74) is 45.5. The molecule has 678 valence electrons. The van der Waals surface area contributed by atoms with E-state index < -0.39 is 0 Å². The first-order valence-corrected chi connectivity index (χ1v) is 41.0. The Balaban J connectivity index is 0.000000237. The van der Waals surface area contributed by atoms with Gasteiger partial charge in [-0.3, -0.25) is 0 Å². The number of allylic oxidation sites excluding steroid dienone is 2. The van der Waals surface area contributed by atoms with Gasteiger partial charge in [-0.1, -0.05) is 62.4 Å². The summed E-state index contributed by atoms with van der Waals surface area (Å²) in [6, 6.07) is 44.7. The van der Waals surface area contributed by atoms with Gasteiger partial charge in [0.25, 0.3) is 0 Å². The molecule has 3 aromatic carbocycles. The predicted molar refractivity (Wildman–Crippen MR) is 555 cm³/mol. The van der Waals surface area contributed by atoms with Crippen LogP contribution in [0.15, 0.2) is 177 Å². The van der Waals surface area contributed by atoms with E-state index in [0.717, 1.165) is 218 Å². The van der Waals surface area contributed by atoms with Crippen molar-refractivity contribution in [2.75, 3.05) is 39.8 Å². The van der Waals surface area contributed by atoms with E-state index in [0.29, 0.717) is 60.9 Å². The van der Waals surface area contributed by atoms with Gasteiger partial charge >= 0.3 is 0 Å². The van der Waals surface area contributed by atoms with Crippen LogP contribution in [0.1, 0.15) is 165 Å². The summed E-state index contributed by atoms with van der Waals surface area (Å²) in [5.74, 6) is 4.77. The molecule has 26 nitrogen and oxygen atoms in total. The van der Waals surface area contributed by atoms with E-state index in [4.69, 9.17) is 48.4 Å². The molecule has 6 aliphatic carbocycles. The van der Waals surface area contributed by atoms with Crippen LogP contribution in [0.4, 0.5) is 37.9 Å². The average Bonchev–Trinajstić information content (AvgIpc) is 1.73. The monoisotopic (exact) mass is 1890 g/mol. The van der Waals surface area contributed by atoms with Crippen LogP contribution in [0.25, 0.3) is 73.2 Å². The lowest BCUT2D eigenvalue weighted by atomic mass is 9.97. The Morgan fingerprint density at radius 1 is 0.344 bits per heavy atom. The van der Waals surface area contributed by atoms with Gasteiger partial charge in [0.1, 0.15) is 40.7 Å². The highest BCUT2D eigenvalue weighted by molar-refractivity contribution is 7.60. The normalized spacial score (nSPS) is 20.8. The zero-order valence-electron chi connectivity index (χ0n) is 70.4. The van der Waals surface area contributed by atoms with Crippen molar-refractivity contribution in [3.8, 4) is 33.8 Å². The number of rotatable bonds is 16. The van der Waals surface area contributed by atoms with Crippen molar-refractivity contribution in [2.45, 2.75) is 209 Å². The fourth-order valence-electron chi connectivity index (χ4n) is 16.8. The number of nitrogens with two attached hydrogens (primary N) is 5. The fourth-order valence-corrected chi connectivity index (χ4v) is 16.8. The van der Waals surface area contributed by atoms with Gasteiger partial charge < -0.3 is 60.0 Å². The maximum atomic E-state index is 13.5. The molecule has 5 saturated carbocycles. The Bertz CT molecular complexity index is 5440. The number of halogens is 2. The zero-order valence-corrected chi connectivity index (χ0v) is 80.4. The summed E-state index contributed by atoms with van der Waals surface area (Å²) >= 11 is 0. The number of fused-ring (bicyclic) bond motifs is 5. The largest absolute Gasteiger partial charge is 0.377 e. The highest BCUT2D eigenvalue weighted by atomic mass is 32.1. The van der Waals surface area contributed by atoms with E-state index in [1.54, 1.807) is 52.0 Å². The standard InChI is InChI=1S/C20H25N5.2C17H18FN5.C17H23N5.C16H21N5O.10H2S/c1-13(2)14-3-5-15(6-4-14)18-12-20(23-17-8-7-16(21)11-17)25-19(24-18)9-10-22-25;18-12-3-1-11(2-4-12)15-10-17(21-14-6-5-13(19)9-14)23-16(22-15)7-8-20-23;18-12-3-1-2-11(8-12)15-10-17(21-14-5-4-13(19)9-14)23-16(22-15)6-7-20-23;18-13-6-7-14(10-13)20-17-11-15(12-4-2-1-3-5-12)21-16-8-9-19-22(16)17;17-12-1-2-13(9-12)19-16-10-14(11-4-7-22-8-5-11)20-15-3-6-18-21(15)16;;;;;;;;;;/h3-6,9-10,12-13,16-17,23H,7-8,11,21H2,1-2H3;1-4,7-8,10,13-14,21H,5-6,9,19H2;1-3,6-8,10,13-14,21H,4-5,9,19H2;4,8-9,11,13-14,20H,1-3,5-7,10,18H2;3-4,6,10,12-13,19H,1-2,5,7-9,17H2;10*1H2/t16-,17-;3*13-,14-;12-,13-;;;;;;;;;;/m00000........../s1. The third-order valence-electron chi connectivity index (χ3n) is 23.0. The van der Waals surface area contributed by atoms with Crippen LogP contribution < -0.4 is 55.3 Å². The molecule has 0 saturated heterocycles. The first-order chi connectivity index (χ1) is 56.1. The molecule has 13 aromatic rings. The van der Waals surface area contributed by atoms with E-state index in [1.807, 2.05) is 68.3 Å². The van der Waals surface area contributed by atoms with Gasteiger partial charge in [0.2, 0.25) is 0 Å². The van der Waals surface area contributed by atoms with Gasteiger partial charge in [0, 0.05) is 138 Å². The van der Waals surface area contributed by atoms with Crippen molar-refractivity contribution >= 4 is 203 Å². The maximum absolute atomic E-state index is 13.5. The number of anilines is 5. The fraction of sp³-hybridized carbons (Fsp3) is 0.402. The summed E-state index contributed by atoms with van der Waals surface area (Å²) in [4.78, 5) is 23.4. The summed E-state index contributed by atoms with van der Waals surface area (Å²) < 4.78 is 41.2. The third kappa shape index (κ3) is 27.0. The van der Waals surface area contributed by atoms with Gasteiger partial charge in [-0.25, -0.2) is 33.7 Å². The Kier molecular flexibility index (Phi) is 42.3. The SMILES string of the molecule is CC(C)c1ccc(-c2cc(N[C@H]3CC[C@H](N)C3)n3nccc3n2)cc1.N[C@H]1CC[C@H](Nc2cc(-c3ccc(F)cc3)nc3ccnn23)C1.N[C@H]1CC[C@H](Nc2cc(-c3cccc(F)c3)nc3ccnn23)C1.N[C@H]1CC[C@H](Nc2cc(C3=CCCCC3)nc3ccnn23)C1.N[C@H]1CC[C@H](Nc2cc(C3=CCOCC3)nc3ccnn23)C1.S.S.S.S.S.S.S.S.S.S. The third-order valence-corrected chi connectivity index (χ3v) is 23.0. The number of hydrogen-bond donors (Lipinski definition) is 10. The number of benzene rings is 3. The van der Waals surface area contributed by atoms with Crippen LogP contribution in [-0.4, -0.2) is 147 Å². The van der Waals surface area contributed by atoms with Crippen LogP contribution in [0.3, 0.4) is 0 Å². The Hall–Kier alpha value is -7.64. The van der Waals surface area contributed by atoms with Crippen molar-refractivity contribution in [3.63, 3.8) is 0 Å². The summed E-state index contributed by atoms with van der Waals surface area (Å²) in [6.45, 7) is 5.85. The van der Waals surface area contributed by atoms with Crippen LogP contribution in [0.2, 0.25) is 0 Å². The van der Waals surface area contributed by atoms with E-state index in [1.165, 1.54) is 60.2 Å². The van der Waals surface area contributed by atoms with Crippen molar-refractivity contribution in [3.05, 3.63) is 205 Å². The second kappa shape index (κ2) is 49.8. The number of ether oxygens (including phenoxy) is 1. The summed E-state index contributed by atoms with van der Waals surface area (Å²) in [5, 5.41) is 39.7. The molecule has 11 heterocycles. The van der Waals surface area contributed by atoms with Crippen molar-refractivity contribution < 1.29 is 13.5 Å². The van der Waals surface area contributed by atoms with Gasteiger partial charge in [0.15, 0.2) is 28.2 Å². The molecular formula is C87H125F2N25OS10. The highest BCUT2D eigenvalue weighted by Crippen LogP contribution is 2.35. The quantitative estimate of drug-likeness (QED) is 0.0429. The second-order valence-corrected chi connectivity index (χ2v) is 32.0. The molecule has 0 amide bonds. The van der Waals surface area contributed by atoms with E-state index in [2.05, 4.69) is 131 Å². The van der Waals surface area contributed by atoms with Crippen molar-refractivity contribution in [1.82, 2.24) is 73.0 Å². The van der Waals surface area contributed by atoms with Crippen LogP contribution in [-0.2, 0) is 4.74 Å². The summed E-state index contributed by atoms with van der Waals surface area (Å²) in [6.07, 6.45) is 34.8. The average molecular weight is 1900 g/mol. The zero-order chi connectivity index (χ0) is 78.9. The van der Waals surface area contributed by atoms with Crippen LogP contribution in [0, 0.1) is 11.6 Å². The molecule has 0 radical (unpaired) electrons. The van der Waals surface area contributed by atoms with Crippen LogP contribution in [0.5, 0.6) is 0 Å². The lowest BCUT2D eigenvalue weighted by molar-refractivity contribution is 0.161. The molecule has 10 aromatic heterocycles. The number of hydrogen-bond acceptors (Lipinski definition) is 21. The molecule has 0 unspecified atom stereocenters. The molecule has 1 aliphatic heterocycles. The Morgan fingerprint density at radius 2 is 0.664 bits per heavy atom. The smallest absolute Gasteiger partial charge is 0.157 e. The molecule has 0 spiro atoms. The molecule has 20 rings (SSSR count). The lowest BCUT2D eigenvalue weighted by Gasteiger charge is -2.18. The summed E-state index contributed by atoms with van der Waals surface area (Å²) in [7, 11) is 0. The predicted octanol–water partition coefficient (Wildman–Crippen LogP) is 15.4. The first kappa shape index (κ1) is 106. The van der Waals surface area contributed by atoms with Crippen LogP contribution >= 0.6 is 135 Å². The number of aromatic nitrogens is 15. The van der Waals surface area contributed by atoms with Gasteiger partial charge in [-0.05, 0) is 187 Å². The number of nitrogens with zero attached hydrogens (tertiary/aromatic N) is 15. The minimum absolute atomic E-state index is 0. The number of nitrogens with one attached hydrogen (secondary N) is 5. The molecule has 7 aliphatic rings. The molecule has 10 atom stereocenters. The molecule has 0 bridgehead atoms. The highest BCUT2D eigenvalue weighted by Gasteiger charge is 2.29. The molecule has 125 heavy (non-hydrogen) atoms. The Morgan fingerprint density at radius 3 is 0.960 bits per heavy atom. The maximum Gasteiger partial charge on any atom is 0.157 e. The van der Waals surface area contributed by atoms with Gasteiger partial charge in [0.05, 0.1) is 72.7 Å². The van der Waals surface area contributed by atoms with E-state index in [-0.39, 0.29) is 159 Å².